The van der Waals surface area contributed by atoms with Crippen molar-refractivity contribution < 1.29 is 4.79 Å². The van der Waals surface area contributed by atoms with E-state index in [-0.39, 0.29) is 11.0 Å². The molecule has 0 spiro atoms. The molecule has 0 saturated carbocycles. The minimum absolute atomic E-state index is 0.0652. The second-order valence-electron chi connectivity index (χ2n) is 5.20. The van der Waals surface area contributed by atoms with E-state index in [1.54, 1.807) is 11.8 Å². The van der Waals surface area contributed by atoms with Crippen molar-refractivity contribution in [1.29, 1.82) is 0 Å². The molecule has 0 bridgehead atoms. The molecular weight excluding hydrogens is 286 g/mol. The Kier molecular flexibility index (Phi) is 6.05. The minimum Gasteiger partial charge on any atom is -0.358 e. The molecule has 2 rings (SSSR count). The topological polar surface area (TPSA) is 20.3 Å². The van der Waals surface area contributed by atoms with Crippen molar-refractivity contribution >= 4 is 34.1 Å². The maximum Gasteiger partial charge on any atom is 0.150 e. The zero-order chi connectivity index (χ0) is 14.4. The molecule has 20 heavy (non-hydrogen) atoms. The van der Waals surface area contributed by atoms with Crippen LogP contribution in [-0.2, 0) is 11.2 Å². The fraction of sp³-hybridized carbons (Fsp3) is 0.500. The number of hydrogen-bond donors (Lipinski definition) is 0. The van der Waals surface area contributed by atoms with E-state index in [0.29, 0.717) is 6.42 Å². The highest BCUT2D eigenvalue weighted by atomic mass is 32.2. The van der Waals surface area contributed by atoms with Crippen LogP contribution in [-0.4, -0.2) is 33.3 Å². The summed E-state index contributed by atoms with van der Waals surface area (Å²) in [6, 6.07) is 9.91. The van der Waals surface area contributed by atoms with Crippen LogP contribution >= 0.6 is 24.0 Å². The molecule has 0 N–H and O–H groups in total. The molecule has 1 aromatic rings. The van der Waals surface area contributed by atoms with Crippen LogP contribution in [0.2, 0.25) is 0 Å². The van der Waals surface area contributed by atoms with Crippen LogP contribution in [0, 0.1) is 0 Å². The Morgan fingerprint density at radius 2 is 1.90 bits per heavy atom. The van der Waals surface area contributed by atoms with Crippen molar-refractivity contribution in [3.8, 4) is 0 Å². The lowest BCUT2D eigenvalue weighted by Crippen LogP contribution is -2.34. The van der Waals surface area contributed by atoms with Gasteiger partial charge in [0.15, 0.2) is 0 Å². The van der Waals surface area contributed by atoms with Gasteiger partial charge < -0.3 is 4.90 Å². The Hall–Kier alpha value is -0.870. The second kappa shape index (κ2) is 7.79. The van der Waals surface area contributed by atoms with Crippen molar-refractivity contribution in [2.24, 2.45) is 0 Å². The van der Waals surface area contributed by atoms with E-state index in [2.05, 4.69) is 4.90 Å². The third-order valence-electron chi connectivity index (χ3n) is 3.57. The van der Waals surface area contributed by atoms with Gasteiger partial charge in [-0.25, -0.2) is 0 Å². The van der Waals surface area contributed by atoms with Crippen LogP contribution in [0.5, 0.6) is 0 Å². The number of likely N-dealkylation sites (tertiary alicyclic amines) is 1. The molecule has 1 unspecified atom stereocenters. The van der Waals surface area contributed by atoms with Gasteiger partial charge >= 0.3 is 0 Å². The van der Waals surface area contributed by atoms with Crippen LogP contribution in [0.4, 0.5) is 0 Å². The number of rotatable bonds is 4. The predicted molar refractivity (Wildman–Crippen MR) is 90.2 cm³/mol. The van der Waals surface area contributed by atoms with Gasteiger partial charge in [-0.2, -0.15) is 0 Å². The molecule has 1 heterocycles. The fourth-order valence-electron chi connectivity index (χ4n) is 2.31. The highest BCUT2D eigenvalue weighted by Gasteiger charge is 2.20. The SMILES string of the molecule is CC(SC(=S)N1CCCCC1)C(=O)Cc1ccccc1. The van der Waals surface area contributed by atoms with Crippen LogP contribution in [0.1, 0.15) is 31.7 Å². The monoisotopic (exact) mass is 307 g/mol. The number of thiocarbonyl (C=S) groups is 1. The van der Waals surface area contributed by atoms with Crippen molar-refractivity contribution in [3.63, 3.8) is 0 Å². The zero-order valence-electron chi connectivity index (χ0n) is 11.9. The Labute approximate surface area is 130 Å². The Balaban J connectivity index is 1.82. The lowest BCUT2D eigenvalue weighted by atomic mass is 10.1. The molecule has 1 aliphatic rings. The molecular formula is C16H21NOS2. The molecule has 1 atom stereocenters. The fourth-order valence-corrected chi connectivity index (χ4v) is 3.77. The van der Waals surface area contributed by atoms with Crippen molar-refractivity contribution in [1.82, 2.24) is 4.90 Å². The third-order valence-corrected chi connectivity index (χ3v) is 5.19. The molecule has 1 saturated heterocycles. The zero-order valence-corrected chi connectivity index (χ0v) is 13.5. The first-order valence-corrected chi connectivity index (χ1v) is 8.48. The number of benzene rings is 1. The van der Waals surface area contributed by atoms with E-state index in [4.69, 9.17) is 12.2 Å². The summed E-state index contributed by atoms with van der Waals surface area (Å²) in [5.74, 6) is 0.251. The van der Waals surface area contributed by atoms with Crippen molar-refractivity contribution in [2.45, 2.75) is 37.9 Å². The summed E-state index contributed by atoms with van der Waals surface area (Å²) in [7, 11) is 0. The lowest BCUT2D eigenvalue weighted by Gasteiger charge is -2.29. The van der Waals surface area contributed by atoms with Gasteiger partial charge in [-0.1, -0.05) is 54.3 Å². The van der Waals surface area contributed by atoms with Gasteiger partial charge in [0, 0.05) is 19.5 Å². The predicted octanol–water partition coefficient (Wildman–Crippen LogP) is 3.69. The smallest absolute Gasteiger partial charge is 0.150 e. The first kappa shape index (κ1) is 15.5. The van der Waals surface area contributed by atoms with Gasteiger partial charge in [-0.3, -0.25) is 4.79 Å². The van der Waals surface area contributed by atoms with E-state index in [0.717, 1.165) is 23.0 Å². The lowest BCUT2D eigenvalue weighted by molar-refractivity contribution is -0.117. The highest BCUT2D eigenvalue weighted by Crippen LogP contribution is 2.21. The van der Waals surface area contributed by atoms with E-state index in [1.165, 1.54) is 19.3 Å². The first-order valence-electron chi connectivity index (χ1n) is 7.19. The van der Waals surface area contributed by atoms with Gasteiger partial charge in [-0.05, 0) is 31.7 Å². The van der Waals surface area contributed by atoms with Gasteiger partial charge in [0.1, 0.15) is 10.1 Å². The average molecular weight is 307 g/mol. The van der Waals surface area contributed by atoms with Crippen LogP contribution in [0.25, 0.3) is 0 Å². The number of piperidine rings is 1. The molecule has 108 valence electrons. The van der Waals surface area contributed by atoms with Crippen LogP contribution < -0.4 is 0 Å². The summed E-state index contributed by atoms with van der Waals surface area (Å²) in [6.07, 6.45) is 4.23. The standard InChI is InChI=1S/C16H21NOS2/c1-13(15(18)12-14-8-4-2-5-9-14)20-16(19)17-10-6-3-7-11-17/h2,4-5,8-9,13H,3,6-7,10-12H2,1H3. The number of hydrogen-bond acceptors (Lipinski definition) is 3. The molecule has 2 nitrogen and oxygen atoms in total. The molecule has 1 aromatic carbocycles. The number of carbonyl (C=O) groups excluding carboxylic acids is 1. The summed E-state index contributed by atoms with van der Waals surface area (Å²) in [5, 5.41) is -0.0652. The number of nitrogens with zero attached hydrogens (tertiary/aromatic N) is 1. The largest absolute Gasteiger partial charge is 0.358 e. The van der Waals surface area contributed by atoms with Gasteiger partial charge in [0.25, 0.3) is 0 Å². The Bertz CT molecular complexity index is 455. The van der Waals surface area contributed by atoms with Gasteiger partial charge in [0.05, 0.1) is 5.25 Å². The minimum atomic E-state index is -0.0652. The Morgan fingerprint density at radius 1 is 1.25 bits per heavy atom. The summed E-state index contributed by atoms with van der Waals surface area (Å²) >= 11 is 7.01. The van der Waals surface area contributed by atoms with E-state index < -0.39 is 0 Å². The summed E-state index contributed by atoms with van der Waals surface area (Å²) in [4.78, 5) is 14.5. The summed E-state index contributed by atoms with van der Waals surface area (Å²) in [6.45, 7) is 4.06. The normalized spacial score (nSPS) is 16.8. The average Bonchev–Trinajstić information content (AvgIpc) is 2.49. The number of thioether (sulfide) groups is 1. The molecule has 1 fully saturated rings. The molecule has 0 aromatic heterocycles. The first-order chi connectivity index (χ1) is 9.66. The van der Waals surface area contributed by atoms with E-state index in [9.17, 15) is 4.79 Å². The number of Topliss-reactive ketones (excluding diaryl/α,β-unsaturated/α-hetero) is 1. The summed E-state index contributed by atoms with van der Waals surface area (Å²) in [5.41, 5.74) is 1.08. The molecule has 0 radical (unpaired) electrons. The maximum atomic E-state index is 12.2. The van der Waals surface area contributed by atoms with Crippen molar-refractivity contribution in [3.05, 3.63) is 35.9 Å². The van der Waals surface area contributed by atoms with Crippen molar-refractivity contribution in [2.75, 3.05) is 13.1 Å². The van der Waals surface area contributed by atoms with Gasteiger partial charge in [-0.15, -0.1) is 0 Å². The quantitative estimate of drug-likeness (QED) is 0.790. The van der Waals surface area contributed by atoms with Crippen LogP contribution in [0.15, 0.2) is 30.3 Å². The number of ketones is 1. The Morgan fingerprint density at radius 3 is 2.55 bits per heavy atom. The highest BCUT2D eigenvalue weighted by molar-refractivity contribution is 8.23. The molecule has 1 aliphatic heterocycles. The van der Waals surface area contributed by atoms with Crippen LogP contribution in [0.3, 0.4) is 0 Å². The molecule has 4 heteroatoms. The van der Waals surface area contributed by atoms with Gasteiger partial charge in [0.2, 0.25) is 0 Å². The molecule has 0 aliphatic carbocycles. The maximum absolute atomic E-state index is 12.2. The molecule has 0 amide bonds. The van der Waals surface area contributed by atoms with E-state index in [1.807, 2.05) is 37.3 Å². The summed E-state index contributed by atoms with van der Waals surface area (Å²) < 4.78 is 0.888. The number of carbonyl (C=O) groups is 1. The third kappa shape index (κ3) is 4.60. The second-order valence-corrected chi connectivity index (χ2v) is 7.18. The van der Waals surface area contributed by atoms with E-state index >= 15 is 0 Å².